The molecule has 0 aliphatic carbocycles. The highest BCUT2D eigenvalue weighted by atomic mass is 79.9. The Morgan fingerprint density at radius 2 is 1.96 bits per heavy atom. The summed E-state index contributed by atoms with van der Waals surface area (Å²) in [4.78, 5) is 12.6. The summed E-state index contributed by atoms with van der Waals surface area (Å²) in [7, 11) is -2.23. The van der Waals surface area contributed by atoms with Crippen LogP contribution in [0.1, 0.15) is 22.8 Å². The van der Waals surface area contributed by atoms with Gasteiger partial charge in [0.25, 0.3) is 5.91 Å². The second-order valence-electron chi connectivity index (χ2n) is 5.54. The summed E-state index contributed by atoms with van der Waals surface area (Å²) in [5.74, 6) is -0.390. The standard InChI is InChI=1S/C18H21BrN2O4S/c1-3-13-5-4-6-14(11-13)21-18(22)16-12-15(7-8-17(16)19)26(23,24)20-9-10-25-2/h4-8,11-12,20H,3,9-10H2,1-2H3,(H,21,22). The van der Waals surface area contributed by atoms with E-state index in [1.54, 1.807) is 12.1 Å². The van der Waals surface area contributed by atoms with E-state index in [0.29, 0.717) is 10.2 Å². The SMILES string of the molecule is CCc1cccc(NC(=O)c2cc(S(=O)(=O)NCCOC)ccc2Br)c1. The van der Waals surface area contributed by atoms with Crippen LogP contribution in [-0.4, -0.2) is 34.6 Å². The number of rotatable bonds is 8. The summed E-state index contributed by atoms with van der Waals surface area (Å²) in [5.41, 5.74) is 2.00. The van der Waals surface area contributed by atoms with Crippen molar-refractivity contribution in [2.24, 2.45) is 0 Å². The molecule has 0 bridgehead atoms. The predicted molar refractivity (Wildman–Crippen MR) is 105 cm³/mol. The maximum absolute atomic E-state index is 12.6. The number of ether oxygens (including phenoxy) is 1. The van der Waals surface area contributed by atoms with E-state index in [4.69, 9.17) is 4.74 Å². The number of nitrogens with one attached hydrogen (secondary N) is 2. The van der Waals surface area contributed by atoms with E-state index in [0.717, 1.165) is 12.0 Å². The molecule has 0 aliphatic heterocycles. The number of methoxy groups -OCH3 is 1. The van der Waals surface area contributed by atoms with Crippen molar-refractivity contribution in [3.05, 3.63) is 58.1 Å². The van der Waals surface area contributed by atoms with Crippen LogP contribution in [0.25, 0.3) is 0 Å². The number of carbonyl (C=O) groups is 1. The molecule has 0 fully saturated rings. The molecule has 0 saturated heterocycles. The van der Waals surface area contributed by atoms with Gasteiger partial charge in [-0.1, -0.05) is 19.1 Å². The fourth-order valence-electron chi connectivity index (χ4n) is 2.27. The van der Waals surface area contributed by atoms with Crippen LogP contribution in [-0.2, 0) is 21.2 Å². The molecular formula is C18H21BrN2O4S. The lowest BCUT2D eigenvalue weighted by atomic mass is 10.1. The Morgan fingerprint density at radius 3 is 2.65 bits per heavy atom. The van der Waals surface area contributed by atoms with Gasteiger partial charge in [-0.25, -0.2) is 13.1 Å². The van der Waals surface area contributed by atoms with Crippen molar-refractivity contribution in [1.82, 2.24) is 4.72 Å². The Morgan fingerprint density at radius 1 is 1.19 bits per heavy atom. The summed E-state index contributed by atoms with van der Waals surface area (Å²) in [5, 5.41) is 2.80. The van der Waals surface area contributed by atoms with E-state index in [-0.39, 0.29) is 29.5 Å². The Labute approximate surface area is 162 Å². The second kappa shape index (κ2) is 9.27. The largest absolute Gasteiger partial charge is 0.383 e. The summed E-state index contributed by atoms with van der Waals surface area (Å²) < 4.78 is 32.4. The van der Waals surface area contributed by atoms with Gasteiger partial charge < -0.3 is 10.1 Å². The van der Waals surface area contributed by atoms with E-state index in [1.807, 2.05) is 25.1 Å². The average Bonchev–Trinajstić information content (AvgIpc) is 2.62. The number of anilines is 1. The third-order valence-electron chi connectivity index (χ3n) is 3.68. The molecule has 2 aromatic carbocycles. The lowest BCUT2D eigenvalue weighted by Gasteiger charge is -2.11. The first-order valence-electron chi connectivity index (χ1n) is 8.06. The maximum atomic E-state index is 12.6. The second-order valence-corrected chi connectivity index (χ2v) is 8.16. The molecule has 0 unspecified atom stereocenters. The van der Waals surface area contributed by atoms with Crippen LogP contribution in [0.4, 0.5) is 5.69 Å². The van der Waals surface area contributed by atoms with Crippen LogP contribution >= 0.6 is 15.9 Å². The van der Waals surface area contributed by atoms with Gasteiger partial charge in [0.15, 0.2) is 0 Å². The smallest absolute Gasteiger partial charge is 0.256 e. The molecule has 0 spiro atoms. The van der Waals surface area contributed by atoms with Crippen LogP contribution in [0, 0.1) is 0 Å². The first-order valence-corrected chi connectivity index (χ1v) is 10.3. The molecule has 2 N–H and O–H groups in total. The molecule has 8 heteroatoms. The zero-order valence-electron chi connectivity index (χ0n) is 14.6. The minimum Gasteiger partial charge on any atom is -0.383 e. The molecule has 0 atom stereocenters. The van der Waals surface area contributed by atoms with Crippen molar-refractivity contribution in [3.8, 4) is 0 Å². The normalized spacial score (nSPS) is 11.3. The summed E-state index contributed by atoms with van der Waals surface area (Å²) in [6.45, 7) is 2.44. The first-order chi connectivity index (χ1) is 12.4. The Kier molecular flexibility index (Phi) is 7.33. The van der Waals surface area contributed by atoms with Gasteiger partial charge in [0, 0.05) is 23.8 Å². The van der Waals surface area contributed by atoms with Gasteiger partial charge in [0.1, 0.15) is 0 Å². The topological polar surface area (TPSA) is 84.5 Å². The molecule has 0 radical (unpaired) electrons. The Hall–Kier alpha value is -1.74. The number of hydrogen-bond donors (Lipinski definition) is 2. The van der Waals surface area contributed by atoms with Crippen LogP contribution in [0.15, 0.2) is 51.8 Å². The minimum atomic E-state index is -3.72. The molecule has 6 nitrogen and oxygen atoms in total. The van der Waals surface area contributed by atoms with E-state index >= 15 is 0 Å². The fourth-order valence-corrected chi connectivity index (χ4v) is 3.74. The zero-order chi connectivity index (χ0) is 19.2. The molecule has 0 heterocycles. The van der Waals surface area contributed by atoms with Gasteiger partial charge in [-0.3, -0.25) is 4.79 Å². The van der Waals surface area contributed by atoms with Crippen molar-refractivity contribution in [2.75, 3.05) is 25.6 Å². The van der Waals surface area contributed by atoms with E-state index in [9.17, 15) is 13.2 Å². The van der Waals surface area contributed by atoms with Crippen molar-refractivity contribution in [1.29, 1.82) is 0 Å². The maximum Gasteiger partial charge on any atom is 0.256 e. The molecule has 26 heavy (non-hydrogen) atoms. The van der Waals surface area contributed by atoms with Gasteiger partial charge in [0.05, 0.1) is 17.1 Å². The summed E-state index contributed by atoms with van der Waals surface area (Å²) >= 11 is 3.31. The third-order valence-corrected chi connectivity index (χ3v) is 5.83. The molecule has 0 saturated carbocycles. The fraction of sp³-hybridized carbons (Fsp3) is 0.278. The number of benzene rings is 2. The highest BCUT2D eigenvalue weighted by Gasteiger charge is 2.18. The summed E-state index contributed by atoms with van der Waals surface area (Å²) in [6, 6.07) is 11.8. The molecule has 1 amide bonds. The van der Waals surface area contributed by atoms with Gasteiger partial charge >= 0.3 is 0 Å². The van der Waals surface area contributed by atoms with Gasteiger partial charge in [-0.15, -0.1) is 0 Å². The monoisotopic (exact) mass is 440 g/mol. The van der Waals surface area contributed by atoms with Gasteiger partial charge in [-0.2, -0.15) is 0 Å². The first kappa shape index (κ1) is 20.6. The Bertz CT molecular complexity index is 885. The molecule has 0 aromatic heterocycles. The van der Waals surface area contributed by atoms with Crippen LogP contribution < -0.4 is 10.0 Å². The number of hydrogen-bond acceptors (Lipinski definition) is 4. The number of amides is 1. The molecule has 2 rings (SSSR count). The molecule has 0 aliphatic rings. The minimum absolute atomic E-state index is 0.0178. The number of aryl methyl sites for hydroxylation is 1. The highest BCUT2D eigenvalue weighted by molar-refractivity contribution is 9.10. The van der Waals surface area contributed by atoms with Crippen LogP contribution in [0.5, 0.6) is 0 Å². The van der Waals surface area contributed by atoms with Crippen molar-refractivity contribution in [2.45, 2.75) is 18.2 Å². The Balaban J connectivity index is 2.24. The molecule has 140 valence electrons. The number of carbonyl (C=O) groups excluding carboxylic acids is 1. The van der Waals surface area contributed by atoms with Gasteiger partial charge in [-0.05, 0) is 58.2 Å². The van der Waals surface area contributed by atoms with Crippen LogP contribution in [0.2, 0.25) is 0 Å². The zero-order valence-corrected chi connectivity index (χ0v) is 17.0. The molecular weight excluding hydrogens is 420 g/mol. The van der Waals surface area contributed by atoms with Crippen molar-refractivity contribution < 1.29 is 17.9 Å². The van der Waals surface area contributed by atoms with Crippen molar-refractivity contribution >= 4 is 37.5 Å². The van der Waals surface area contributed by atoms with E-state index in [1.165, 1.54) is 19.2 Å². The van der Waals surface area contributed by atoms with Crippen molar-refractivity contribution in [3.63, 3.8) is 0 Å². The average molecular weight is 441 g/mol. The van der Waals surface area contributed by atoms with E-state index < -0.39 is 10.0 Å². The van der Waals surface area contributed by atoms with E-state index in [2.05, 4.69) is 26.0 Å². The lowest BCUT2D eigenvalue weighted by Crippen LogP contribution is -2.27. The quantitative estimate of drug-likeness (QED) is 0.617. The highest BCUT2D eigenvalue weighted by Crippen LogP contribution is 2.22. The number of sulfonamides is 1. The molecule has 2 aromatic rings. The summed E-state index contributed by atoms with van der Waals surface area (Å²) in [6.07, 6.45) is 0.855. The predicted octanol–water partition coefficient (Wildman–Crippen LogP) is 3.19. The number of halogens is 1. The van der Waals surface area contributed by atoms with Gasteiger partial charge in [0.2, 0.25) is 10.0 Å². The third kappa shape index (κ3) is 5.38. The van der Waals surface area contributed by atoms with Crippen LogP contribution in [0.3, 0.4) is 0 Å². The lowest BCUT2D eigenvalue weighted by molar-refractivity contribution is 0.102.